The lowest BCUT2D eigenvalue weighted by Gasteiger charge is -2.37. The van der Waals surface area contributed by atoms with Gasteiger partial charge in [0.25, 0.3) is 0 Å². The number of rotatable bonds is 4. The van der Waals surface area contributed by atoms with E-state index in [4.69, 9.17) is 4.52 Å². The fourth-order valence-electron chi connectivity index (χ4n) is 3.50. The zero-order valence-corrected chi connectivity index (χ0v) is 14.6. The van der Waals surface area contributed by atoms with Crippen LogP contribution in [0.4, 0.5) is 0 Å². The van der Waals surface area contributed by atoms with Crippen molar-refractivity contribution in [2.45, 2.75) is 12.3 Å². The Bertz CT molecular complexity index is 1090. The summed E-state index contributed by atoms with van der Waals surface area (Å²) in [6.45, 7) is 1.25. The average Bonchev–Trinajstić information content (AvgIpc) is 3.29. The monoisotopic (exact) mass is 358 g/mol. The fourth-order valence-corrected chi connectivity index (χ4v) is 3.50. The van der Waals surface area contributed by atoms with Gasteiger partial charge in [0.2, 0.25) is 17.6 Å². The zero-order chi connectivity index (χ0) is 18.2. The molecule has 6 nitrogen and oxygen atoms in total. The highest BCUT2D eigenvalue weighted by molar-refractivity contribution is 5.89. The molecular formula is C21H18N4O2. The molecule has 1 N–H and O–H groups in total. The highest BCUT2D eigenvalue weighted by Crippen LogP contribution is 2.28. The Balaban J connectivity index is 1.23. The van der Waals surface area contributed by atoms with E-state index in [1.807, 2.05) is 65.7 Å². The third-order valence-corrected chi connectivity index (χ3v) is 5.07. The number of carbonyl (C=O) groups is 1. The Kier molecular flexibility index (Phi) is 3.74. The van der Waals surface area contributed by atoms with Crippen LogP contribution in [0.2, 0.25) is 0 Å². The Labute approximate surface area is 155 Å². The van der Waals surface area contributed by atoms with Gasteiger partial charge in [-0.05, 0) is 11.6 Å². The van der Waals surface area contributed by atoms with Gasteiger partial charge in [0.15, 0.2) is 0 Å². The Morgan fingerprint density at radius 1 is 1.11 bits per heavy atom. The molecule has 0 bridgehead atoms. The standard InChI is InChI=1S/C21H18N4O2/c26-19(10-15-11-22-18-9-5-4-8-17(15)18)25-12-16(13-25)21-23-20(24-27-21)14-6-2-1-3-7-14/h1-9,11,16,22H,10,12-13H2. The molecule has 1 aliphatic rings. The summed E-state index contributed by atoms with van der Waals surface area (Å²) in [5.41, 5.74) is 3.02. The lowest BCUT2D eigenvalue weighted by atomic mass is 9.98. The first-order valence-corrected chi connectivity index (χ1v) is 9.00. The van der Waals surface area contributed by atoms with Crippen molar-refractivity contribution in [1.82, 2.24) is 20.0 Å². The largest absolute Gasteiger partial charge is 0.361 e. The Morgan fingerprint density at radius 2 is 1.89 bits per heavy atom. The molecule has 1 aliphatic heterocycles. The molecular weight excluding hydrogens is 340 g/mol. The highest BCUT2D eigenvalue weighted by atomic mass is 16.5. The zero-order valence-electron chi connectivity index (χ0n) is 14.6. The van der Waals surface area contributed by atoms with E-state index >= 15 is 0 Å². The molecule has 1 amide bonds. The molecule has 0 spiro atoms. The van der Waals surface area contributed by atoms with Crippen LogP contribution in [-0.2, 0) is 11.2 Å². The molecule has 3 heterocycles. The number of benzene rings is 2. The molecule has 0 unspecified atom stereocenters. The number of hydrogen-bond acceptors (Lipinski definition) is 4. The van der Waals surface area contributed by atoms with E-state index in [1.165, 1.54) is 0 Å². The first kappa shape index (κ1) is 15.8. The van der Waals surface area contributed by atoms with Gasteiger partial charge >= 0.3 is 0 Å². The van der Waals surface area contributed by atoms with Crippen molar-refractivity contribution >= 4 is 16.8 Å². The first-order chi connectivity index (χ1) is 13.3. The SMILES string of the molecule is O=C(Cc1c[nH]c2ccccc12)N1CC(c2nc(-c3ccccc3)no2)C1. The summed E-state index contributed by atoms with van der Waals surface area (Å²) < 4.78 is 5.41. The number of aromatic nitrogens is 3. The lowest BCUT2D eigenvalue weighted by Crippen LogP contribution is -2.49. The van der Waals surface area contributed by atoms with Crippen LogP contribution in [0, 0.1) is 0 Å². The Morgan fingerprint density at radius 3 is 2.74 bits per heavy atom. The molecule has 2 aromatic heterocycles. The van der Waals surface area contributed by atoms with Crippen LogP contribution in [0.5, 0.6) is 0 Å². The predicted octanol–water partition coefficient (Wildman–Crippen LogP) is 3.39. The summed E-state index contributed by atoms with van der Waals surface area (Å²) in [4.78, 5) is 22.1. The van der Waals surface area contributed by atoms with Crippen molar-refractivity contribution in [2.24, 2.45) is 0 Å². The van der Waals surface area contributed by atoms with Gasteiger partial charge in [0, 0.05) is 35.8 Å². The van der Waals surface area contributed by atoms with Crippen LogP contribution >= 0.6 is 0 Å². The van der Waals surface area contributed by atoms with Crippen molar-refractivity contribution < 1.29 is 9.32 Å². The van der Waals surface area contributed by atoms with Gasteiger partial charge in [-0.15, -0.1) is 0 Å². The van der Waals surface area contributed by atoms with E-state index in [0.717, 1.165) is 22.0 Å². The van der Waals surface area contributed by atoms with Crippen LogP contribution in [0.1, 0.15) is 17.4 Å². The number of carbonyl (C=O) groups excluding carboxylic acids is 1. The summed E-state index contributed by atoms with van der Waals surface area (Å²) in [6.07, 6.45) is 2.32. The molecule has 6 heteroatoms. The maximum atomic E-state index is 12.6. The van der Waals surface area contributed by atoms with Crippen molar-refractivity contribution in [3.8, 4) is 11.4 Å². The number of hydrogen-bond donors (Lipinski definition) is 1. The molecule has 4 aromatic rings. The second-order valence-electron chi connectivity index (χ2n) is 6.85. The predicted molar refractivity (Wildman–Crippen MR) is 101 cm³/mol. The fraction of sp³-hybridized carbons (Fsp3) is 0.190. The molecule has 134 valence electrons. The number of H-pyrrole nitrogens is 1. The maximum absolute atomic E-state index is 12.6. The van der Waals surface area contributed by atoms with E-state index in [2.05, 4.69) is 15.1 Å². The molecule has 0 radical (unpaired) electrons. The third-order valence-electron chi connectivity index (χ3n) is 5.07. The molecule has 27 heavy (non-hydrogen) atoms. The topological polar surface area (TPSA) is 75.0 Å². The minimum atomic E-state index is 0.113. The van der Waals surface area contributed by atoms with Crippen LogP contribution in [-0.4, -0.2) is 39.0 Å². The second-order valence-corrected chi connectivity index (χ2v) is 6.85. The van der Waals surface area contributed by atoms with Crippen LogP contribution < -0.4 is 0 Å². The number of amides is 1. The molecule has 5 rings (SSSR count). The van der Waals surface area contributed by atoms with Crippen molar-refractivity contribution in [3.63, 3.8) is 0 Å². The van der Waals surface area contributed by atoms with Gasteiger partial charge in [-0.2, -0.15) is 4.98 Å². The van der Waals surface area contributed by atoms with Crippen LogP contribution in [0.25, 0.3) is 22.3 Å². The van der Waals surface area contributed by atoms with Gasteiger partial charge < -0.3 is 14.4 Å². The van der Waals surface area contributed by atoms with E-state index in [0.29, 0.717) is 31.2 Å². The normalized spacial score (nSPS) is 14.4. The van der Waals surface area contributed by atoms with E-state index in [9.17, 15) is 4.79 Å². The third kappa shape index (κ3) is 2.89. The van der Waals surface area contributed by atoms with Gasteiger partial charge in [0.1, 0.15) is 0 Å². The van der Waals surface area contributed by atoms with Crippen molar-refractivity contribution in [1.29, 1.82) is 0 Å². The smallest absolute Gasteiger partial charge is 0.233 e. The summed E-state index contributed by atoms with van der Waals surface area (Å²) in [5.74, 6) is 1.43. The number of para-hydroxylation sites is 1. The summed E-state index contributed by atoms with van der Waals surface area (Å²) in [6, 6.07) is 17.8. The van der Waals surface area contributed by atoms with Crippen LogP contribution in [0.3, 0.4) is 0 Å². The number of aromatic amines is 1. The van der Waals surface area contributed by atoms with E-state index in [1.54, 1.807) is 0 Å². The maximum Gasteiger partial charge on any atom is 0.233 e. The second kappa shape index (κ2) is 6.39. The minimum Gasteiger partial charge on any atom is -0.361 e. The molecule has 1 saturated heterocycles. The summed E-state index contributed by atoms with van der Waals surface area (Å²) >= 11 is 0. The van der Waals surface area contributed by atoms with E-state index < -0.39 is 0 Å². The molecule has 0 aliphatic carbocycles. The Hall–Kier alpha value is -3.41. The van der Waals surface area contributed by atoms with Gasteiger partial charge in [-0.1, -0.05) is 53.7 Å². The molecule has 2 aromatic carbocycles. The highest BCUT2D eigenvalue weighted by Gasteiger charge is 2.35. The van der Waals surface area contributed by atoms with E-state index in [-0.39, 0.29) is 11.8 Å². The number of likely N-dealkylation sites (tertiary alicyclic amines) is 1. The number of nitrogens with one attached hydrogen (secondary N) is 1. The summed E-state index contributed by atoms with van der Waals surface area (Å²) in [5, 5.41) is 5.16. The quantitative estimate of drug-likeness (QED) is 0.607. The number of fused-ring (bicyclic) bond motifs is 1. The van der Waals surface area contributed by atoms with Gasteiger partial charge in [0.05, 0.1) is 12.3 Å². The number of nitrogens with zero attached hydrogens (tertiary/aromatic N) is 3. The van der Waals surface area contributed by atoms with Gasteiger partial charge in [-0.3, -0.25) is 4.79 Å². The van der Waals surface area contributed by atoms with Crippen molar-refractivity contribution in [3.05, 3.63) is 72.2 Å². The first-order valence-electron chi connectivity index (χ1n) is 9.00. The molecule has 1 fully saturated rings. The van der Waals surface area contributed by atoms with Gasteiger partial charge in [-0.25, -0.2) is 0 Å². The van der Waals surface area contributed by atoms with Crippen LogP contribution in [0.15, 0.2) is 65.3 Å². The molecule has 0 saturated carbocycles. The summed E-state index contributed by atoms with van der Waals surface area (Å²) in [7, 11) is 0. The average molecular weight is 358 g/mol. The molecule has 0 atom stereocenters. The minimum absolute atomic E-state index is 0.113. The lowest BCUT2D eigenvalue weighted by molar-refractivity contribution is -0.135. The van der Waals surface area contributed by atoms with Crippen molar-refractivity contribution in [2.75, 3.05) is 13.1 Å².